The third kappa shape index (κ3) is 3.62. The summed E-state index contributed by atoms with van der Waals surface area (Å²) in [5.41, 5.74) is 2.89. The molecule has 3 heterocycles. The maximum Gasteiger partial charge on any atom is 0.277 e. The van der Waals surface area contributed by atoms with Crippen LogP contribution in [-0.2, 0) is 6.42 Å². The van der Waals surface area contributed by atoms with Crippen molar-refractivity contribution in [2.45, 2.75) is 6.42 Å². The van der Waals surface area contributed by atoms with E-state index in [2.05, 4.69) is 31.5 Å². The molecule has 0 aliphatic rings. The highest BCUT2D eigenvalue weighted by Gasteiger charge is 2.13. The Morgan fingerprint density at radius 2 is 1.89 bits per heavy atom. The highest BCUT2D eigenvalue weighted by atomic mass is 16.2. The summed E-state index contributed by atoms with van der Waals surface area (Å²) < 4.78 is 0. The summed E-state index contributed by atoms with van der Waals surface area (Å²) in [5, 5.41) is 10.3. The highest BCUT2D eigenvalue weighted by molar-refractivity contribution is 5.94. The van der Waals surface area contributed by atoms with Crippen LogP contribution in [0.5, 0.6) is 0 Å². The van der Waals surface area contributed by atoms with Gasteiger partial charge in [-0.15, -0.1) is 0 Å². The van der Waals surface area contributed by atoms with E-state index in [-0.39, 0.29) is 5.56 Å². The summed E-state index contributed by atoms with van der Waals surface area (Å²) >= 11 is 0. The summed E-state index contributed by atoms with van der Waals surface area (Å²) in [6.45, 7) is 0.415. The number of hydrogen-bond donors (Lipinski definition) is 3. The molecule has 3 aromatic heterocycles. The Morgan fingerprint density at radius 1 is 1.07 bits per heavy atom. The van der Waals surface area contributed by atoms with Gasteiger partial charge in [0, 0.05) is 42.1 Å². The van der Waals surface area contributed by atoms with Crippen molar-refractivity contribution in [2.75, 3.05) is 6.54 Å². The smallest absolute Gasteiger partial charge is 0.277 e. The number of rotatable bonds is 5. The molecule has 0 bridgehead atoms. The Kier molecular flexibility index (Phi) is 4.49. The fourth-order valence-electron chi connectivity index (χ4n) is 2.92. The minimum absolute atomic E-state index is 0.0356. The number of carbonyl (C=O) groups excluding carboxylic acids is 1. The second-order valence-corrected chi connectivity index (χ2v) is 6.12. The van der Waals surface area contributed by atoms with Crippen LogP contribution in [0.25, 0.3) is 22.2 Å². The average Bonchev–Trinajstić information content (AvgIpc) is 3.11. The van der Waals surface area contributed by atoms with Gasteiger partial charge in [-0.2, -0.15) is 5.10 Å². The van der Waals surface area contributed by atoms with Crippen molar-refractivity contribution >= 4 is 16.8 Å². The zero-order valence-electron chi connectivity index (χ0n) is 14.4. The van der Waals surface area contributed by atoms with Gasteiger partial charge in [-0.25, -0.2) is 5.10 Å². The van der Waals surface area contributed by atoms with E-state index in [1.165, 1.54) is 6.07 Å². The minimum Gasteiger partial charge on any atom is -0.358 e. The molecule has 0 spiro atoms. The van der Waals surface area contributed by atoms with Crippen LogP contribution < -0.4 is 10.9 Å². The number of aromatic nitrogens is 4. The monoisotopic (exact) mass is 359 g/mol. The summed E-state index contributed by atoms with van der Waals surface area (Å²) in [5.74, 6) is -0.426. The van der Waals surface area contributed by atoms with Crippen molar-refractivity contribution in [1.82, 2.24) is 25.5 Å². The van der Waals surface area contributed by atoms with Gasteiger partial charge < -0.3 is 10.3 Å². The van der Waals surface area contributed by atoms with Gasteiger partial charge in [0.15, 0.2) is 0 Å². The lowest BCUT2D eigenvalue weighted by Crippen LogP contribution is -2.31. The Labute approximate surface area is 154 Å². The largest absolute Gasteiger partial charge is 0.358 e. The third-order valence-electron chi connectivity index (χ3n) is 4.29. The number of nitrogens with zero attached hydrogens (tertiary/aromatic N) is 2. The standard InChI is InChI=1S/C20H17N5O2/c26-19(22-10-7-15-11-14-3-1-2-4-17(14)23-15)16-12-18(24-25-20(16)27)13-5-8-21-9-6-13/h1-6,8-9,11-12,23H,7,10H2,(H,22,26)(H,25,27). The highest BCUT2D eigenvalue weighted by Crippen LogP contribution is 2.15. The molecule has 0 saturated carbocycles. The van der Waals surface area contributed by atoms with Gasteiger partial charge in [-0.05, 0) is 35.7 Å². The second kappa shape index (κ2) is 7.25. The van der Waals surface area contributed by atoms with E-state index in [9.17, 15) is 9.59 Å². The molecule has 4 rings (SSSR count). The minimum atomic E-state index is -0.518. The van der Waals surface area contributed by atoms with E-state index < -0.39 is 11.5 Å². The summed E-state index contributed by atoms with van der Waals surface area (Å²) in [4.78, 5) is 31.7. The van der Waals surface area contributed by atoms with Gasteiger partial charge in [0.05, 0.1) is 5.69 Å². The number of fused-ring (bicyclic) bond motifs is 1. The zero-order valence-corrected chi connectivity index (χ0v) is 14.4. The Bertz CT molecular complexity index is 1110. The normalized spacial score (nSPS) is 10.8. The molecule has 0 aliphatic carbocycles. The van der Waals surface area contributed by atoms with Gasteiger partial charge >= 0.3 is 0 Å². The van der Waals surface area contributed by atoms with Crippen LogP contribution in [0.3, 0.4) is 0 Å². The van der Waals surface area contributed by atoms with E-state index in [1.807, 2.05) is 24.3 Å². The fourth-order valence-corrected chi connectivity index (χ4v) is 2.92. The van der Waals surface area contributed by atoms with Crippen LogP contribution in [0.4, 0.5) is 0 Å². The van der Waals surface area contributed by atoms with Crippen molar-refractivity contribution in [3.63, 3.8) is 0 Å². The molecule has 134 valence electrons. The van der Waals surface area contributed by atoms with Crippen LogP contribution in [0.15, 0.2) is 65.7 Å². The Morgan fingerprint density at radius 3 is 2.70 bits per heavy atom. The lowest BCUT2D eigenvalue weighted by molar-refractivity contribution is 0.0952. The van der Waals surface area contributed by atoms with E-state index in [4.69, 9.17) is 0 Å². The predicted molar refractivity (Wildman–Crippen MR) is 102 cm³/mol. The molecule has 0 atom stereocenters. The van der Waals surface area contributed by atoms with E-state index in [0.717, 1.165) is 22.2 Å². The number of H-pyrrole nitrogens is 2. The molecule has 1 amide bonds. The number of aromatic amines is 2. The fraction of sp³-hybridized carbons (Fsp3) is 0.100. The van der Waals surface area contributed by atoms with Gasteiger partial charge in [0.25, 0.3) is 11.5 Å². The van der Waals surface area contributed by atoms with Gasteiger partial charge in [-0.1, -0.05) is 18.2 Å². The number of hydrogen-bond acceptors (Lipinski definition) is 4. The Balaban J connectivity index is 1.45. The number of benzene rings is 1. The topological polar surface area (TPSA) is 104 Å². The first kappa shape index (κ1) is 16.7. The SMILES string of the molecule is O=C(NCCc1cc2ccccc2[nH]1)c1cc(-c2ccncc2)n[nH]c1=O. The number of pyridine rings is 1. The van der Waals surface area contributed by atoms with Crippen LogP contribution in [0.2, 0.25) is 0 Å². The summed E-state index contributed by atoms with van der Waals surface area (Å²) in [6.07, 6.45) is 3.89. The van der Waals surface area contributed by atoms with Gasteiger partial charge in [0.1, 0.15) is 5.56 Å². The van der Waals surface area contributed by atoms with Crippen LogP contribution >= 0.6 is 0 Å². The van der Waals surface area contributed by atoms with Crippen molar-refractivity contribution in [2.24, 2.45) is 0 Å². The molecule has 7 nitrogen and oxygen atoms in total. The lowest BCUT2D eigenvalue weighted by atomic mass is 10.1. The van der Waals surface area contributed by atoms with Crippen molar-refractivity contribution in [3.05, 3.63) is 82.5 Å². The molecule has 1 aromatic carbocycles. The molecule has 27 heavy (non-hydrogen) atoms. The molecular weight excluding hydrogens is 342 g/mol. The molecule has 0 saturated heterocycles. The molecule has 0 radical (unpaired) electrons. The first-order valence-electron chi connectivity index (χ1n) is 8.56. The maximum atomic E-state index is 12.4. The number of carbonyl (C=O) groups is 1. The summed E-state index contributed by atoms with van der Waals surface area (Å²) in [6, 6.07) is 15.1. The third-order valence-corrected chi connectivity index (χ3v) is 4.29. The van der Waals surface area contributed by atoms with Crippen molar-refractivity contribution in [1.29, 1.82) is 0 Å². The first-order valence-corrected chi connectivity index (χ1v) is 8.56. The van der Waals surface area contributed by atoms with E-state index >= 15 is 0 Å². The Hall–Kier alpha value is -3.74. The van der Waals surface area contributed by atoms with Crippen LogP contribution in [-0.4, -0.2) is 32.6 Å². The van der Waals surface area contributed by atoms with Crippen LogP contribution in [0.1, 0.15) is 16.1 Å². The number of nitrogens with one attached hydrogen (secondary N) is 3. The van der Waals surface area contributed by atoms with E-state index in [0.29, 0.717) is 18.7 Å². The quantitative estimate of drug-likeness (QED) is 0.508. The van der Waals surface area contributed by atoms with Gasteiger partial charge in [0.2, 0.25) is 0 Å². The van der Waals surface area contributed by atoms with Crippen molar-refractivity contribution < 1.29 is 4.79 Å². The molecule has 7 heteroatoms. The second-order valence-electron chi connectivity index (χ2n) is 6.12. The average molecular weight is 359 g/mol. The molecule has 0 unspecified atom stereocenters. The zero-order chi connectivity index (χ0) is 18.6. The van der Waals surface area contributed by atoms with Crippen LogP contribution in [0, 0.1) is 0 Å². The lowest BCUT2D eigenvalue weighted by Gasteiger charge is -2.05. The molecule has 0 fully saturated rings. The number of para-hydroxylation sites is 1. The molecular formula is C20H17N5O2. The van der Waals surface area contributed by atoms with E-state index in [1.54, 1.807) is 24.5 Å². The predicted octanol–water partition coefficient (Wildman–Crippen LogP) is 2.29. The summed E-state index contributed by atoms with van der Waals surface area (Å²) in [7, 11) is 0. The first-order chi connectivity index (χ1) is 13.2. The van der Waals surface area contributed by atoms with Crippen molar-refractivity contribution in [3.8, 4) is 11.3 Å². The molecule has 0 aliphatic heterocycles. The molecule has 4 aromatic rings. The maximum absolute atomic E-state index is 12.4. The molecule has 3 N–H and O–H groups in total. The number of amides is 1. The van der Waals surface area contributed by atoms with Gasteiger partial charge in [-0.3, -0.25) is 14.6 Å².